The van der Waals surface area contributed by atoms with Crippen LogP contribution in [0.4, 0.5) is 0 Å². The fraction of sp³-hybridized carbons (Fsp3) is 0.632. The molecular weight excluding hydrogens is 300 g/mol. The van der Waals surface area contributed by atoms with Gasteiger partial charge < -0.3 is 16.0 Å². The number of nitrogens with zero attached hydrogens (tertiary/aromatic N) is 2. The lowest BCUT2D eigenvalue weighted by molar-refractivity contribution is -0.128. The molecule has 1 saturated heterocycles. The van der Waals surface area contributed by atoms with Gasteiger partial charge in [0.2, 0.25) is 5.91 Å². The number of piperazine rings is 1. The maximum absolute atomic E-state index is 13.0. The molecule has 1 heterocycles. The van der Waals surface area contributed by atoms with Crippen molar-refractivity contribution in [2.75, 3.05) is 39.8 Å². The maximum atomic E-state index is 13.0. The third kappa shape index (κ3) is 5.30. The van der Waals surface area contributed by atoms with E-state index >= 15 is 0 Å². The summed E-state index contributed by atoms with van der Waals surface area (Å²) in [4.78, 5) is 17.6. The average Bonchev–Trinajstić information content (AvgIpc) is 2.61. The molecular formula is C19H32N4O. The average molecular weight is 332 g/mol. The summed E-state index contributed by atoms with van der Waals surface area (Å²) in [7, 11) is 2.13. The first kappa shape index (κ1) is 18.9. The molecule has 1 aromatic rings. The van der Waals surface area contributed by atoms with E-state index < -0.39 is 0 Å². The second-order valence-corrected chi connectivity index (χ2v) is 6.74. The van der Waals surface area contributed by atoms with E-state index in [9.17, 15) is 4.79 Å². The molecule has 0 spiro atoms. The van der Waals surface area contributed by atoms with E-state index in [1.807, 2.05) is 30.3 Å². The van der Waals surface area contributed by atoms with Crippen molar-refractivity contribution in [2.24, 2.45) is 5.73 Å². The Morgan fingerprint density at radius 2 is 1.88 bits per heavy atom. The van der Waals surface area contributed by atoms with Gasteiger partial charge in [0.15, 0.2) is 0 Å². The minimum Gasteiger partial charge on any atom is -0.350 e. The molecule has 24 heavy (non-hydrogen) atoms. The predicted molar refractivity (Wildman–Crippen MR) is 98.8 cm³/mol. The molecule has 0 aliphatic carbocycles. The van der Waals surface area contributed by atoms with Gasteiger partial charge in [-0.05, 0) is 19.0 Å². The van der Waals surface area contributed by atoms with Gasteiger partial charge in [-0.15, -0.1) is 0 Å². The third-order valence-corrected chi connectivity index (χ3v) is 4.80. The first-order valence-corrected chi connectivity index (χ1v) is 9.13. The highest BCUT2D eigenvalue weighted by atomic mass is 16.2. The maximum Gasteiger partial charge on any atom is 0.242 e. The fourth-order valence-corrected chi connectivity index (χ4v) is 3.22. The molecule has 0 aromatic heterocycles. The topological polar surface area (TPSA) is 61.6 Å². The van der Waals surface area contributed by atoms with E-state index in [0.29, 0.717) is 6.54 Å². The van der Waals surface area contributed by atoms with Gasteiger partial charge in [-0.25, -0.2) is 0 Å². The van der Waals surface area contributed by atoms with Crippen LogP contribution in [0.15, 0.2) is 30.3 Å². The zero-order valence-corrected chi connectivity index (χ0v) is 15.1. The number of benzene rings is 1. The summed E-state index contributed by atoms with van der Waals surface area (Å²) < 4.78 is 0. The Hall–Kier alpha value is -1.43. The van der Waals surface area contributed by atoms with Crippen LogP contribution in [-0.4, -0.2) is 61.5 Å². The van der Waals surface area contributed by atoms with Crippen LogP contribution in [0.3, 0.4) is 0 Å². The standard InChI is InChI=1S/C19H32N4O/c1-3-4-10-17(15-20)21-19(24)18(16-8-6-5-7-9-16)23-13-11-22(2)12-14-23/h5-9,17-18H,3-4,10-15,20H2,1-2H3,(H,21,24). The van der Waals surface area contributed by atoms with Crippen LogP contribution in [0.25, 0.3) is 0 Å². The van der Waals surface area contributed by atoms with Gasteiger partial charge in [0.25, 0.3) is 0 Å². The number of hydrogen-bond acceptors (Lipinski definition) is 4. The highest BCUT2D eigenvalue weighted by Crippen LogP contribution is 2.22. The van der Waals surface area contributed by atoms with Crippen LogP contribution in [0.2, 0.25) is 0 Å². The van der Waals surface area contributed by atoms with Crippen LogP contribution < -0.4 is 11.1 Å². The lowest BCUT2D eigenvalue weighted by Crippen LogP contribution is -2.52. The number of unbranched alkanes of at least 4 members (excludes halogenated alkanes) is 1. The molecule has 1 amide bonds. The van der Waals surface area contributed by atoms with Crippen LogP contribution in [-0.2, 0) is 4.79 Å². The van der Waals surface area contributed by atoms with Crippen molar-refractivity contribution in [3.05, 3.63) is 35.9 Å². The summed E-state index contributed by atoms with van der Waals surface area (Å²) in [6.45, 7) is 6.46. The summed E-state index contributed by atoms with van der Waals surface area (Å²) in [6, 6.07) is 9.93. The Morgan fingerprint density at radius 1 is 1.21 bits per heavy atom. The summed E-state index contributed by atoms with van der Waals surface area (Å²) in [5, 5.41) is 3.19. The first-order valence-electron chi connectivity index (χ1n) is 9.13. The fourth-order valence-electron chi connectivity index (χ4n) is 3.22. The molecule has 2 atom stereocenters. The zero-order valence-electron chi connectivity index (χ0n) is 15.1. The van der Waals surface area contributed by atoms with Crippen molar-refractivity contribution in [2.45, 2.75) is 38.3 Å². The van der Waals surface area contributed by atoms with E-state index in [2.05, 4.69) is 29.1 Å². The number of likely N-dealkylation sites (N-methyl/N-ethyl adjacent to an activating group) is 1. The molecule has 0 bridgehead atoms. The molecule has 2 unspecified atom stereocenters. The number of nitrogens with one attached hydrogen (secondary N) is 1. The van der Waals surface area contributed by atoms with Gasteiger partial charge in [0.1, 0.15) is 6.04 Å². The molecule has 134 valence electrons. The largest absolute Gasteiger partial charge is 0.350 e. The van der Waals surface area contributed by atoms with Crippen molar-refractivity contribution >= 4 is 5.91 Å². The summed E-state index contributed by atoms with van der Waals surface area (Å²) in [5.41, 5.74) is 6.92. The van der Waals surface area contributed by atoms with E-state index in [1.165, 1.54) is 0 Å². The number of amides is 1. The van der Waals surface area contributed by atoms with Gasteiger partial charge in [-0.1, -0.05) is 50.1 Å². The molecule has 1 fully saturated rings. The Balaban J connectivity index is 2.11. The molecule has 3 N–H and O–H groups in total. The third-order valence-electron chi connectivity index (χ3n) is 4.80. The molecule has 0 saturated carbocycles. The van der Waals surface area contributed by atoms with Crippen molar-refractivity contribution in [3.8, 4) is 0 Å². The number of hydrogen-bond donors (Lipinski definition) is 2. The van der Waals surface area contributed by atoms with Crippen LogP contribution in [0.1, 0.15) is 37.8 Å². The smallest absolute Gasteiger partial charge is 0.242 e. The van der Waals surface area contributed by atoms with Crippen LogP contribution in [0, 0.1) is 0 Å². The lowest BCUT2D eigenvalue weighted by Gasteiger charge is -2.38. The van der Waals surface area contributed by atoms with Gasteiger partial charge >= 0.3 is 0 Å². The molecule has 5 heteroatoms. The summed E-state index contributed by atoms with van der Waals surface area (Å²) in [5.74, 6) is 0.0808. The highest BCUT2D eigenvalue weighted by molar-refractivity contribution is 5.83. The van der Waals surface area contributed by atoms with Crippen molar-refractivity contribution < 1.29 is 4.79 Å². The summed E-state index contributed by atoms with van der Waals surface area (Å²) >= 11 is 0. The van der Waals surface area contributed by atoms with E-state index in [-0.39, 0.29) is 18.0 Å². The van der Waals surface area contributed by atoms with Gasteiger partial charge in [0.05, 0.1) is 0 Å². The van der Waals surface area contributed by atoms with Crippen molar-refractivity contribution in [3.63, 3.8) is 0 Å². The predicted octanol–water partition coefficient (Wildman–Crippen LogP) is 1.61. The molecule has 5 nitrogen and oxygen atoms in total. The molecule has 1 aliphatic rings. The molecule has 2 rings (SSSR count). The van der Waals surface area contributed by atoms with Crippen LogP contribution in [0.5, 0.6) is 0 Å². The minimum atomic E-state index is -0.226. The Kier molecular flexibility index (Phi) is 7.69. The lowest BCUT2D eigenvalue weighted by atomic mass is 10.0. The van der Waals surface area contributed by atoms with Gasteiger partial charge in [-0.3, -0.25) is 9.69 Å². The second-order valence-electron chi connectivity index (χ2n) is 6.74. The Labute approximate surface area is 146 Å². The molecule has 1 aliphatic heterocycles. The zero-order chi connectivity index (χ0) is 17.4. The second kappa shape index (κ2) is 9.77. The van der Waals surface area contributed by atoms with Crippen LogP contribution >= 0.6 is 0 Å². The Morgan fingerprint density at radius 3 is 2.46 bits per heavy atom. The first-order chi connectivity index (χ1) is 11.7. The number of carbonyl (C=O) groups excluding carboxylic acids is 1. The van der Waals surface area contributed by atoms with E-state index in [4.69, 9.17) is 5.73 Å². The van der Waals surface area contributed by atoms with Gasteiger partial charge in [0, 0.05) is 38.8 Å². The summed E-state index contributed by atoms with van der Waals surface area (Å²) in [6.07, 6.45) is 3.16. The normalized spacial score (nSPS) is 19.0. The van der Waals surface area contributed by atoms with Gasteiger partial charge in [-0.2, -0.15) is 0 Å². The van der Waals surface area contributed by atoms with E-state index in [1.54, 1.807) is 0 Å². The quantitative estimate of drug-likeness (QED) is 0.759. The number of rotatable bonds is 8. The Bertz CT molecular complexity index is 485. The van der Waals surface area contributed by atoms with E-state index in [0.717, 1.165) is 51.0 Å². The van der Waals surface area contributed by atoms with Crippen molar-refractivity contribution in [1.82, 2.24) is 15.1 Å². The SMILES string of the molecule is CCCCC(CN)NC(=O)C(c1ccccc1)N1CCN(C)CC1. The number of carbonyl (C=O) groups is 1. The molecule has 1 aromatic carbocycles. The highest BCUT2D eigenvalue weighted by Gasteiger charge is 2.30. The molecule has 0 radical (unpaired) electrons. The monoisotopic (exact) mass is 332 g/mol. The number of nitrogens with two attached hydrogens (primary N) is 1. The van der Waals surface area contributed by atoms with Crippen molar-refractivity contribution in [1.29, 1.82) is 0 Å². The minimum absolute atomic E-state index is 0.0659.